The lowest BCUT2D eigenvalue weighted by atomic mass is 10.2. The molecule has 1 amide bonds. The first-order valence-electron chi connectivity index (χ1n) is 5.53. The zero-order valence-corrected chi connectivity index (χ0v) is 15.6. The monoisotopic (exact) mass is 454 g/mol. The predicted octanol–water partition coefficient (Wildman–Crippen LogP) is 1.64. The molecule has 0 bridgehead atoms. The fourth-order valence-electron chi connectivity index (χ4n) is 1.32. The maximum atomic E-state index is 11.7. The van der Waals surface area contributed by atoms with Gasteiger partial charge in [0.15, 0.2) is 16.8 Å². The number of aryl methyl sites for hydroxylation is 1. The lowest BCUT2D eigenvalue weighted by Gasteiger charge is -2.13. The van der Waals surface area contributed by atoms with Gasteiger partial charge >= 0.3 is 0 Å². The van der Waals surface area contributed by atoms with Crippen LogP contribution in [0.5, 0.6) is 5.75 Å². The van der Waals surface area contributed by atoms with Crippen LogP contribution in [0.3, 0.4) is 0 Å². The second-order valence-electron chi connectivity index (χ2n) is 3.81. The molecular formula is C11H12Br2N4O2S2. The fourth-order valence-corrected chi connectivity index (χ4v) is 3.09. The number of nitrogens with two attached hydrogens (primary N) is 1. The van der Waals surface area contributed by atoms with Crippen molar-refractivity contribution in [2.45, 2.75) is 6.92 Å². The van der Waals surface area contributed by atoms with Crippen molar-refractivity contribution in [3.8, 4) is 5.75 Å². The maximum Gasteiger partial charge on any atom is 0.264 e. The molecule has 0 aromatic heterocycles. The average Bonchev–Trinajstić information content (AvgIpc) is 2.34. The summed E-state index contributed by atoms with van der Waals surface area (Å²) in [4.78, 5) is 11.7. The number of nitrogens with one attached hydrogen (secondary N) is 3. The van der Waals surface area contributed by atoms with Crippen molar-refractivity contribution in [2.75, 3.05) is 6.61 Å². The molecule has 114 valence electrons. The molecule has 0 atom stereocenters. The molecule has 5 N–H and O–H groups in total. The number of carbonyl (C=O) groups excluding carboxylic acids is 1. The summed E-state index contributed by atoms with van der Waals surface area (Å²) in [5.74, 6) is 0.181. The van der Waals surface area contributed by atoms with Crippen molar-refractivity contribution in [3.63, 3.8) is 0 Å². The van der Waals surface area contributed by atoms with Crippen molar-refractivity contribution in [1.82, 2.24) is 16.2 Å². The van der Waals surface area contributed by atoms with Crippen LogP contribution in [0.25, 0.3) is 0 Å². The number of amides is 1. The van der Waals surface area contributed by atoms with Crippen molar-refractivity contribution < 1.29 is 9.53 Å². The van der Waals surface area contributed by atoms with Gasteiger partial charge in [0.05, 0.1) is 4.47 Å². The van der Waals surface area contributed by atoms with Crippen LogP contribution in [0.1, 0.15) is 5.56 Å². The molecule has 6 nitrogen and oxygen atoms in total. The number of rotatable bonds is 3. The number of benzene rings is 1. The van der Waals surface area contributed by atoms with Gasteiger partial charge in [-0.15, -0.1) is 0 Å². The van der Waals surface area contributed by atoms with E-state index in [0.29, 0.717) is 5.75 Å². The lowest BCUT2D eigenvalue weighted by Crippen LogP contribution is -2.50. The minimum absolute atomic E-state index is 0.0114. The highest BCUT2D eigenvalue weighted by Gasteiger charge is 2.10. The molecule has 0 fully saturated rings. The topological polar surface area (TPSA) is 88.4 Å². The fraction of sp³-hybridized carbons (Fsp3) is 0.182. The summed E-state index contributed by atoms with van der Waals surface area (Å²) in [7, 11) is 0. The molecule has 0 unspecified atom stereocenters. The van der Waals surface area contributed by atoms with Crippen molar-refractivity contribution in [1.29, 1.82) is 0 Å². The Morgan fingerprint density at radius 1 is 1.33 bits per heavy atom. The van der Waals surface area contributed by atoms with Gasteiger partial charge in [-0.1, -0.05) is 15.9 Å². The van der Waals surface area contributed by atoms with Gasteiger partial charge in [-0.25, -0.2) is 0 Å². The highest BCUT2D eigenvalue weighted by Crippen LogP contribution is 2.32. The molecule has 0 aliphatic rings. The van der Waals surface area contributed by atoms with Gasteiger partial charge in [-0.05, 0) is 65.0 Å². The van der Waals surface area contributed by atoms with E-state index in [0.717, 1.165) is 14.5 Å². The van der Waals surface area contributed by atoms with Crippen LogP contribution in [0, 0.1) is 6.92 Å². The third-order valence-corrected chi connectivity index (χ3v) is 3.45. The SMILES string of the molecule is Cc1cc(Br)cc(Br)c1OCC(=O)NC(=S)NNC(N)=S. The number of hydrazine groups is 1. The van der Waals surface area contributed by atoms with E-state index < -0.39 is 5.91 Å². The summed E-state index contributed by atoms with van der Waals surface area (Å²) in [6, 6.07) is 3.72. The minimum atomic E-state index is -0.411. The molecule has 0 spiro atoms. The zero-order chi connectivity index (χ0) is 16.0. The Kier molecular flexibility index (Phi) is 7.29. The number of hydrogen-bond donors (Lipinski definition) is 4. The van der Waals surface area contributed by atoms with Gasteiger partial charge in [0.2, 0.25) is 0 Å². The highest BCUT2D eigenvalue weighted by atomic mass is 79.9. The first-order valence-corrected chi connectivity index (χ1v) is 7.93. The van der Waals surface area contributed by atoms with Crippen LogP contribution in [0.4, 0.5) is 0 Å². The summed E-state index contributed by atoms with van der Waals surface area (Å²) in [6.45, 7) is 1.69. The second kappa shape index (κ2) is 8.47. The van der Waals surface area contributed by atoms with E-state index >= 15 is 0 Å². The van der Waals surface area contributed by atoms with Crippen molar-refractivity contribution >= 4 is 72.4 Å². The second-order valence-corrected chi connectivity index (χ2v) is 6.43. The van der Waals surface area contributed by atoms with E-state index in [1.807, 2.05) is 19.1 Å². The molecule has 1 aromatic rings. The Morgan fingerprint density at radius 2 is 2.00 bits per heavy atom. The number of ether oxygens (including phenoxy) is 1. The molecule has 1 rings (SSSR count). The quantitative estimate of drug-likeness (QED) is 0.407. The molecule has 0 saturated carbocycles. The first kappa shape index (κ1) is 18.1. The summed E-state index contributed by atoms with van der Waals surface area (Å²) in [5.41, 5.74) is 10.9. The van der Waals surface area contributed by atoms with Crippen LogP contribution >= 0.6 is 56.3 Å². The highest BCUT2D eigenvalue weighted by molar-refractivity contribution is 9.11. The molecule has 0 heterocycles. The number of halogens is 2. The molecule has 0 saturated heterocycles. The zero-order valence-electron chi connectivity index (χ0n) is 10.8. The molecule has 0 radical (unpaired) electrons. The van der Waals surface area contributed by atoms with Gasteiger partial charge in [-0.2, -0.15) is 0 Å². The van der Waals surface area contributed by atoms with E-state index in [2.05, 4.69) is 60.2 Å². The molecule has 0 aliphatic carbocycles. The maximum absolute atomic E-state index is 11.7. The Labute approximate surface area is 149 Å². The third kappa shape index (κ3) is 6.55. The largest absolute Gasteiger partial charge is 0.482 e. The molecule has 10 heteroatoms. The van der Waals surface area contributed by atoms with Gasteiger partial charge in [0.25, 0.3) is 5.91 Å². The molecule has 21 heavy (non-hydrogen) atoms. The normalized spacial score (nSPS) is 9.67. The molecule has 0 aliphatic heterocycles. The van der Waals surface area contributed by atoms with E-state index in [1.54, 1.807) is 0 Å². The van der Waals surface area contributed by atoms with E-state index in [-0.39, 0.29) is 16.8 Å². The molecular weight excluding hydrogens is 444 g/mol. The number of hydrogen-bond acceptors (Lipinski definition) is 4. The average molecular weight is 456 g/mol. The summed E-state index contributed by atoms with van der Waals surface area (Å²) in [6.07, 6.45) is 0. The van der Waals surface area contributed by atoms with Gasteiger partial charge < -0.3 is 10.5 Å². The smallest absolute Gasteiger partial charge is 0.264 e. The van der Waals surface area contributed by atoms with Crippen LogP contribution in [-0.4, -0.2) is 22.7 Å². The van der Waals surface area contributed by atoms with Crippen molar-refractivity contribution in [2.24, 2.45) is 5.73 Å². The van der Waals surface area contributed by atoms with Gasteiger partial charge in [-0.3, -0.25) is 21.0 Å². The summed E-state index contributed by atoms with van der Waals surface area (Å²) >= 11 is 16.2. The van der Waals surface area contributed by atoms with Gasteiger partial charge in [0, 0.05) is 4.47 Å². The summed E-state index contributed by atoms with van der Waals surface area (Å²) in [5, 5.41) is 2.47. The summed E-state index contributed by atoms with van der Waals surface area (Å²) < 4.78 is 7.14. The number of thiocarbonyl (C=S) groups is 2. The van der Waals surface area contributed by atoms with Crippen LogP contribution in [0.15, 0.2) is 21.1 Å². The van der Waals surface area contributed by atoms with Crippen LogP contribution in [0.2, 0.25) is 0 Å². The lowest BCUT2D eigenvalue weighted by molar-refractivity contribution is -0.121. The van der Waals surface area contributed by atoms with E-state index in [9.17, 15) is 4.79 Å². The predicted molar refractivity (Wildman–Crippen MR) is 95.9 cm³/mol. The minimum Gasteiger partial charge on any atom is -0.482 e. The standard InChI is InChI=1S/C11H12Br2N4O2S2/c1-5-2-6(12)3-7(13)9(5)19-4-8(18)15-11(21)17-16-10(14)20/h2-3H,4H2,1H3,(H3,14,16,20)(H2,15,17,18,21). The first-order chi connectivity index (χ1) is 9.79. The molecule has 1 aromatic carbocycles. The Hall–Kier alpha value is -0.970. The van der Waals surface area contributed by atoms with Crippen LogP contribution < -0.4 is 26.6 Å². The Morgan fingerprint density at radius 3 is 2.57 bits per heavy atom. The van der Waals surface area contributed by atoms with Crippen molar-refractivity contribution in [3.05, 3.63) is 26.6 Å². The number of carbonyl (C=O) groups is 1. The third-order valence-electron chi connectivity index (χ3n) is 2.09. The Bertz CT molecular complexity index is 560. The Balaban J connectivity index is 2.50. The van der Waals surface area contributed by atoms with E-state index in [4.69, 9.17) is 22.7 Å². The van der Waals surface area contributed by atoms with E-state index in [1.165, 1.54) is 0 Å². The van der Waals surface area contributed by atoms with Gasteiger partial charge in [0.1, 0.15) is 5.75 Å². The van der Waals surface area contributed by atoms with Crippen LogP contribution in [-0.2, 0) is 4.79 Å².